The van der Waals surface area contributed by atoms with Crippen LogP contribution in [0.1, 0.15) is 0 Å². The Balaban J connectivity index is 1.96. The van der Waals surface area contributed by atoms with E-state index in [2.05, 4.69) is 31.1 Å². The normalized spacial score (nSPS) is 10.7. The van der Waals surface area contributed by atoms with Gasteiger partial charge in [-0.3, -0.25) is 0 Å². The zero-order valence-corrected chi connectivity index (χ0v) is 11.4. The largest absolute Gasteiger partial charge is 0.397 e. The number of nitrogen functional groups attached to an aromatic ring is 1. The van der Waals surface area contributed by atoms with Crippen molar-refractivity contribution >= 4 is 33.0 Å². The Bertz CT molecular complexity index is 676. The van der Waals surface area contributed by atoms with E-state index in [4.69, 9.17) is 10.3 Å². The first-order valence-corrected chi connectivity index (χ1v) is 6.69. The van der Waals surface area contributed by atoms with E-state index in [-0.39, 0.29) is 0 Å². The summed E-state index contributed by atoms with van der Waals surface area (Å²) in [6.45, 7) is 0. The molecular formula is C11H7BrN4OS. The molecule has 0 radical (unpaired) electrons. The average molecular weight is 323 g/mol. The summed E-state index contributed by atoms with van der Waals surface area (Å²) in [6.07, 6.45) is 1.56. The van der Waals surface area contributed by atoms with Gasteiger partial charge >= 0.3 is 0 Å². The van der Waals surface area contributed by atoms with E-state index in [1.54, 1.807) is 29.7 Å². The lowest BCUT2D eigenvalue weighted by Crippen LogP contribution is -1.88. The summed E-state index contributed by atoms with van der Waals surface area (Å²) in [6, 6.07) is 5.43. The van der Waals surface area contributed by atoms with Crippen LogP contribution in [0.4, 0.5) is 5.69 Å². The molecule has 0 aliphatic heterocycles. The van der Waals surface area contributed by atoms with Crippen molar-refractivity contribution in [2.24, 2.45) is 0 Å². The number of hydrogen-bond donors (Lipinski definition) is 1. The maximum atomic E-state index is 5.57. The summed E-state index contributed by atoms with van der Waals surface area (Å²) in [5.74, 6) is 0.939. The Morgan fingerprint density at radius 2 is 2.22 bits per heavy atom. The minimum absolute atomic E-state index is 0.384. The number of anilines is 1. The summed E-state index contributed by atoms with van der Waals surface area (Å²) >= 11 is 4.93. The molecule has 3 aromatic heterocycles. The first kappa shape index (κ1) is 11.4. The maximum absolute atomic E-state index is 5.57. The second kappa shape index (κ2) is 4.51. The van der Waals surface area contributed by atoms with Crippen LogP contribution >= 0.6 is 27.3 Å². The molecule has 7 heteroatoms. The van der Waals surface area contributed by atoms with Gasteiger partial charge in [0.15, 0.2) is 0 Å². The van der Waals surface area contributed by atoms with Crippen molar-refractivity contribution in [1.82, 2.24) is 15.1 Å². The van der Waals surface area contributed by atoms with Gasteiger partial charge in [0.25, 0.3) is 5.89 Å². The third-order valence-electron chi connectivity index (χ3n) is 2.22. The standard InChI is InChI=1S/C11H7BrN4OS/c12-6-3-9(18-5-6)10-15-11(17-16-10)8-2-1-7(13)4-14-8/h1-5H,13H2. The van der Waals surface area contributed by atoms with Gasteiger partial charge in [-0.25, -0.2) is 4.98 Å². The molecule has 0 aliphatic carbocycles. The van der Waals surface area contributed by atoms with Crippen LogP contribution in [0.3, 0.4) is 0 Å². The van der Waals surface area contributed by atoms with Gasteiger partial charge in [-0.15, -0.1) is 11.3 Å². The average Bonchev–Trinajstić information content (AvgIpc) is 2.98. The van der Waals surface area contributed by atoms with E-state index in [1.807, 2.05) is 11.4 Å². The van der Waals surface area contributed by atoms with Crippen LogP contribution in [-0.2, 0) is 0 Å². The van der Waals surface area contributed by atoms with Crippen LogP contribution in [0.5, 0.6) is 0 Å². The molecule has 0 aliphatic rings. The summed E-state index contributed by atoms with van der Waals surface area (Å²) in [5.41, 5.74) is 6.78. The molecule has 5 nitrogen and oxygen atoms in total. The molecule has 18 heavy (non-hydrogen) atoms. The molecule has 0 bridgehead atoms. The van der Waals surface area contributed by atoms with E-state index in [1.165, 1.54) is 0 Å². The smallest absolute Gasteiger partial charge is 0.276 e. The fourth-order valence-corrected chi connectivity index (χ4v) is 2.74. The summed E-state index contributed by atoms with van der Waals surface area (Å²) in [7, 11) is 0. The number of rotatable bonds is 2. The van der Waals surface area contributed by atoms with Crippen molar-refractivity contribution in [3.63, 3.8) is 0 Å². The first-order valence-electron chi connectivity index (χ1n) is 5.02. The number of thiophene rings is 1. The van der Waals surface area contributed by atoms with Gasteiger partial charge < -0.3 is 10.3 Å². The lowest BCUT2D eigenvalue weighted by Gasteiger charge is -1.93. The lowest BCUT2D eigenvalue weighted by molar-refractivity contribution is 0.431. The molecule has 2 N–H and O–H groups in total. The predicted octanol–water partition coefficient (Wildman–Crippen LogP) is 3.20. The number of halogens is 1. The lowest BCUT2D eigenvalue weighted by atomic mass is 10.3. The zero-order chi connectivity index (χ0) is 12.5. The topological polar surface area (TPSA) is 77.8 Å². The van der Waals surface area contributed by atoms with E-state index >= 15 is 0 Å². The number of nitrogens with two attached hydrogens (primary N) is 1. The SMILES string of the molecule is Nc1ccc(-c2nc(-c3cc(Br)cs3)no2)nc1. The van der Waals surface area contributed by atoms with Crippen molar-refractivity contribution in [3.8, 4) is 22.3 Å². The molecule has 0 fully saturated rings. The Kier molecular flexibility index (Phi) is 2.85. The summed E-state index contributed by atoms with van der Waals surface area (Å²) in [5, 5.41) is 5.90. The number of hydrogen-bond acceptors (Lipinski definition) is 6. The molecule has 0 saturated carbocycles. The second-order valence-electron chi connectivity index (χ2n) is 3.53. The van der Waals surface area contributed by atoms with E-state index in [0.717, 1.165) is 9.35 Å². The van der Waals surface area contributed by atoms with Crippen LogP contribution in [0.25, 0.3) is 22.3 Å². The minimum Gasteiger partial charge on any atom is -0.397 e. The zero-order valence-electron chi connectivity index (χ0n) is 9.00. The predicted molar refractivity (Wildman–Crippen MR) is 73.0 cm³/mol. The van der Waals surface area contributed by atoms with E-state index in [0.29, 0.717) is 23.1 Å². The second-order valence-corrected chi connectivity index (χ2v) is 5.36. The van der Waals surface area contributed by atoms with Gasteiger partial charge in [-0.1, -0.05) is 5.16 Å². The number of aromatic nitrogens is 3. The van der Waals surface area contributed by atoms with Crippen molar-refractivity contribution < 1.29 is 4.52 Å². The highest BCUT2D eigenvalue weighted by atomic mass is 79.9. The fraction of sp³-hybridized carbons (Fsp3) is 0. The summed E-state index contributed by atoms with van der Waals surface area (Å²) in [4.78, 5) is 9.37. The molecule has 3 heterocycles. The van der Waals surface area contributed by atoms with Crippen LogP contribution in [0.2, 0.25) is 0 Å². The third kappa shape index (κ3) is 2.14. The van der Waals surface area contributed by atoms with Crippen LogP contribution in [-0.4, -0.2) is 15.1 Å². The molecule has 3 aromatic rings. The first-order chi connectivity index (χ1) is 8.72. The van der Waals surface area contributed by atoms with Gasteiger partial charge in [0.1, 0.15) is 5.69 Å². The van der Waals surface area contributed by atoms with Gasteiger partial charge in [-0.05, 0) is 34.1 Å². The molecule has 0 spiro atoms. The quantitative estimate of drug-likeness (QED) is 0.783. The van der Waals surface area contributed by atoms with Gasteiger partial charge in [0.05, 0.1) is 16.8 Å². The maximum Gasteiger partial charge on any atom is 0.276 e. The summed E-state index contributed by atoms with van der Waals surface area (Å²) < 4.78 is 6.18. The fourth-order valence-electron chi connectivity index (χ4n) is 1.39. The highest BCUT2D eigenvalue weighted by molar-refractivity contribution is 9.10. The molecule has 0 atom stereocenters. The van der Waals surface area contributed by atoms with Crippen LogP contribution < -0.4 is 5.73 Å². The highest BCUT2D eigenvalue weighted by Crippen LogP contribution is 2.29. The Morgan fingerprint density at radius 3 is 2.89 bits per heavy atom. The Labute approximate surface area is 115 Å². The molecule has 0 amide bonds. The van der Waals surface area contributed by atoms with Crippen molar-refractivity contribution in [2.45, 2.75) is 0 Å². The minimum atomic E-state index is 0.384. The van der Waals surface area contributed by atoms with Gasteiger partial charge in [-0.2, -0.15) is 4.98 Å². The van der Waals surface area contributed by atoms with Crippen LogP contribution in [0, 0.1) is 0 Å². The van der Waals surface area contributed by atoms with E-state index in [9.17, 15) is 0 Å². The molecule has 3 rings (SSSR count). The third-order valence-corrected chi connectivity index (χ3v) is 3.91. The monoisotopic (exact) mass is 322 g/mol. The molecular weight excluding hydrogens is 316 g/mol. The Morgan fingerprint density at radius 1 is 1.33 bits per heavy atom. The van der Waals surface area contributed by atoms with Crippen molar-refractivity contribution in [3.05, 3.63) is 34.2 Å². The number of nitrogens with zero attached hydrogens (tertiary/aromatic N) is 3. The highest BCUT2D eigenvalue weighted by Gasteiger charge is 2.12. The molecule has 90 valence electrons. The molecule has 0 aromatic carbocycles. The van der Waals surface area contributed by atoms with Gasteiger partial charge in [0, 0.05) is 9.85 Å². The van der Waals surface area contributed by atoms with Gasteiger partial charge in [0.2, 0.25) is 5.82 Å². The molecule has 0 saturated heterocycles. The van der Waals surface area contributed by atoms with Crippen molar-refractivity contribution in [2.75, 3.05) is 5.73 Å². The van der Waals surface area contributed by atoms with Crippen molar-refractivity contribution in [1.29, 1.82) is 0 Å². The van der Waals surface area contributed by atoms with E-state index < -0.39 is 0 Å². The van der Waals surface area contributed by atoms with Crippen LogP contribution in [0.15, 0.2) is 38.8 Å². The molecule has 0 unspecified atom stereocenters. The number of pyridine rings is 1. The Hall–Kier alpha value is -1.73.